The van der Waals surface area contributed by atoms with E-state index in [0.29, 0.717) is 38.3 Å². The van der Waals surface area contributed by atoms with E-state index in [1.165, 1.54) is 6.07 Å². The molecular formula is C15H18F2N2O. The van der Waals surface area contributed by atoms with Gasteiger partial charge in [-0.2, -0.15) is 0 Å². The summed E-state index contributed by atoms with van der Waals surface area (Å²) in [5, 5.41) is 0. The summed E-state index contributed by atoms with van der Waals surface area (Å²) in [6.07, 6.45) is 2.04. The van der Waals surface area contributed by atoms with Gasteiger partial charge >= 0.3 is 0 Å². The maximum absolute atomic E-state index is 13.6. The topological polar surface area (TPSA) is 23.6 Å². The van der Waals surface area contributed by atoms with Crippen molar-refractivity contribution in [3.8, 4) is 0 Å². The van der Waals surface area contributed by atoms with Crippen LogP contribution in [0.1, 0.15) is 18.4 Å². The average molecular weight is 280 g/mol. The molecule has 1 amide bonds. The second-order valence-corrected chi connectivity index (χ2v) is 5.61. The minimum atomic E-state index is -0.413. The van der Waals surface area contributed by atoms with Crippen molar-refractivity contribution in [2.45, 2.75) is 19.4 Å². The third-order valence-electron chi connectivity index (χ3n) is 4.01. The van der Waals surface area contributed by atoms with E-state index in [-0.39, 0.29) is 17.6 Å². The van der Waals surface area contributed by atoms with Crippen molar-refractivity contribution >= 4 is 5.91 Å². The number of hydrogen-bond acceptors (Lipinski definition) is 2. The van der Waals surface area contributed by atoms with Crippen LogP contribution in [0.4, 0.5) is 8.78 Å². The molecule has 1 saturated carbocycles. The Hall–Kier alpha value is -1.49. The second-order valence-electron chi connectivity index (χ2n) is 5.61. The minimum absolute atomic E-state index is 0.252. The predicted molar refractivity (Wildman–Crippen MR) is 70.9 cm³/mol. The van der Waals surface area contributed by atoms with Crippen LogP contribution in [0.5, 0.6) is 0 Å². The standard InChI is InChI=1S/C15H18F2N2O/c16-13-3-4-14(17)12(9-13)10-18-5-7-19(8-6-18)15(20)11-1-2-11/h3-4,9,11H,1-2,5-8,10H2. The summed E-state index contributed by atoms with van der Waals surface area (Å²) in [4.78, 5) is 15.9. The van der Waals surface area contributed by atoms with E-state index in [9.17, 15) is 13.6 Å². The van der Waals surface area contributed by atoms with Crippen molar-refractivity contribution in [1.82, 2.24) is 9.80 Å². The van der Waals surface area contributed by atoms with Crippen LogP contribution in [0, 0.1) is 17.6 Å². The summed E-state index contributed by atoms with van der Waals surface area (Å²) >= 11 is 0. The SMILES string of the molecule is O=C(C1CC1)N1CCN(Cc2cc(F)ccc2F)CC1. The summed E-state index contributed by atoms with van der Waals surface area (Å²) < 4.78 is 26.7. The Labute approximate surface area is 117 Å². The molecule has 3 nitrogen and oxygen atoms in total. The van der Waals surface area contributed by atoms with Gasteiger partial charge in [0, 0.05) is 44.2 Å². The molecule has 20 heavy (non-hydrogen) atoms. The van der Waals surface area contributed by atoms with Crippen LogP contribution in [-0.4, -0.2) is 41.9 Å². The number of amides is 1. The molecule has 0 bridgehead atoms. The maximum Gasteiger partial charge on any atom is 0.225 e. The molecule has 1 saturated heterocycles. The molecule has 108 valence electrons. The number of benzene rings is 1. The van der Waals surface area contributed by atoms with Crippen molar-refractivity contribution in [2.75, 3.05) is 26.2 Å². The molecule has 1 heterocycles. The van der Waals surface area contributed by atoms with E-state index in [4.69, 9.17) is 0 Å². The summed E-state index contributed by atoms with van der Waals surface area (Å²) in [5.41, 5.74) is 0.381. The van der Waals surface area contributed by atoms with Crippen LogP contribution < -0.4 is 0 Å². The van der Waals surface area contributed by atoms with E-state index in [1.54, 1.807) is 0 Å². The summed E-state index contributed by atoms with van der Waals surface area (Å²) in [6.45, 7) is 3.20. The van der Waals surface area contributed by atoms with E-state index < -0.39 is 5.82 Å². The minimum Gasteiger partial charge on any atom is -0.340 e. The molecule has 0 N–H and O–H groups in total. The average Bonchev–Trinajstić information content (AvgIpc) is 3.27. The van der Waals surface area contributed by atoms with E-state index >= 15 is 0 Å². The normalized spacial score (nSPS) is 20.2. The first-order chi connectivity index (χ1) is 9.63. The molecule has 5 heteroatoms. The van der Waals surface area contributed by atoms with Gasteiger partial charge in [-0.05, 0) is 31.0 Å². The van der Waals surface area contributed by atoms with Gasteiger partial charge in [0.05, 0.1) is 0 Å². The van der Waals surface area contributed by atoms with E-state index in [2.05, 4.69) is 4.90 Å². The summed E-state index contributed by atoms with van der Waals surface area (Å²) in [5.74, 6) is -0.268. The Balaban J connectivity index is 1.55. The molecule has 0 atom stereocenters. The monoisotopic (exact) mass is 280 g/mol. The lowest BCUT2D eigenvalue weighted by Gasteiger charge is -2.35. The van der Waals surface area contributed by atoms with Gasteiger partial charge in [-0.1, -0.05) is 0 Å². The second kappa shape index (κ2) is 5.48. The molecule has 0 radical (unpaired) electrons. The first kappa shape index (κ1) is 13.5. The zero-order chi connectivity index (χ0) is 14.1. The predicted octanol–water partition coefficient (Wildman–Crippen LogP) is 2.02. The molecule has 1 aliphatic heterocycles. The summed E-state index contributed by atoms with van der Waals surface area (Å²) in [6, 6.07) is 3.54. The Bertz CT molecular complexity index is 509. The molecule has 1 aromatic rings. The van der Waals surface area contributed by atoms with Gasteiger partial charge in [-0.3, -0.25) is 9.69 Å². The third-order valence-corrected chi connectivity index (χ3v) is 4.01. The van der Waals surface area contributed by atoms with Crippen molar-refractivity contribution in [3.05, 3.63) is 35.4 Å². The first-order valence-electron chi connectivity index (χ1n) is 7.08. The number of piperazine rings is 1. The van der Waals surface area contributed by atoms with Crippen LogP contribution in [-0.2, 0) is 11.3 Å². The number of rotatable bonds is 3. The number of nitrogens with zero attached hydrogens (tertiary/aromatic N) is 2. The molecule has 0 unspecified atom stereocenters. The Morgan fingerprint density at radius 2 is 1.85 bits per heavy atom. The smallest absolute Gasteiger partial charge is 0.225 e. The number of carbonyl (C=O) groups is 1. The van der Waals surface area contributed by atoms with Gasteiger partial charge in [0.25, 0.3) is 0 Å². The fourth-order valence-corrected chi connectivity index (χ4v) is 2.62. The van der Waals surface area contributed by atoms with Crippen molar-refractivity contribution in [3.63, 3.8) is 0 Å². The molecule has 0 aromatic heterocycles. The highest BCUT2D eigenvalue weighted by Crippen LogP contribution is 2.31. The number of halogens is 2. The van der Waals surface area contributed by atoms with Crippen molar-refractivity contribution in [1.29, 1.82) is 0 Å². The molecule has 1 aliphatic carbocycles. The van der Waals surface area contributed by atoms with Gasteiger partial charge in [-0.15, -0.1) is 0 Å². The number of hydrogen-bond donors (Lipinski definition) is 0. The highest BCUT2D eigenvalue weighted by atomic mass is 19.1. The summed E-state index contributed by atoms with van der Waals surface area (Å²) in [7, 11) is 0. The van der Waals surface area contributed by atoms with Crippen molar-refractivity contribution < 1.29 is 13.6 Å². The van der Waals surface area contributed by atoms with Crippen LogP contribution in [0.25, 0.3) is 0 Å². The maximum atomic E-state index is 13.6. The lowest BCUT2D eigenvalue weighted by Crippen LogP contribution is -2.48. The quantitative estimate of drug-likeness (QED) is 0.845. The lowest BCUT2D eigenvalue weighted by atomic mass is 10.1. The van der Waals surface area contributed by atoms with Gasteiger partial charge in [0.15, 0.2) is 0 Å². The molecule has 3 rings (SSSR count). The first-order valence-corrected chi connectivity index (χ1v) is 7.08. The zero-order valence-electron chi connectivity index (χ0n) is 11.3. The van der Waals surface area contributed by atoms with Crippen LogP contribution >= 0.6 is 0 Å². The van der Waals surface area contributed by atoms with Crippen molar-refractivity contribution in [2.24, 2.45) is 5.92 Å². The largest absolute Gasteiger partial charge is 0.340 e. The lowest BCUT2D eigenvalue weighted by molar-refractivity contribution is -0.134. The van der Waals surface area contributed by atoms with Crippen LogP contribution in [0.3, 0.4) is 0 Å². The van der Waals surface area contributed by atoms with Gasteiger partial charge in [-0.25, -0.2) is 8.78 Å². The van der Waals surface area contributed by atoms with Gasteiger partial charge < -0.3 is 4.90 Å². The Morgan fingerprint density at radius 3 is 2.50 bits per heavy atom. The fraction of sp³-hybridized carbons (Fsp3) is 0.533. The molecule has 2 fully saturated rings. The Kier molecular flexibility index (Phi) is 3.70. The molecule has 1 aromatic carbocycles. The van der Waals surface area contributed by atoms with Gasteiger partial charge in [0.2, 0.25) is 5.91 Å². The van der Waals surface area contributed by atoms with E-state index in [1.807, 2.05) is 4.90 Å². The molecular weight excluding hydrogens is 262 g/mol. The molecule has 0 spiro atoms. The fourth-order valence-electron chi connectivity index (χ4n) is 2.62. The van der Waals surface area contributed by atoms with Crippen LogP contribution in [0.15, 0.2) is 18.2 Å². The third kappa shape index (κ3) is 2.98. The van der Waals surface area contributed by atoms with Gasteiger partial charge in [0.1, 0.15) is 11.6 Å². The zero-order valence-corrected chi connectivity index (χ0v) is 11.3. The highest BCUT2D eigenvalue weighted by molar-refractivity contribution is 5.81. The molecule has 2 aliphatic rings. The van der Waals surface area contributed by atoms with Crippen LogP contribution in [0.2, 0.25) is 0 Å². The highest BCUT2D eigenvalue weighted by Gasteiger charge is 2.34. The number of carbonyl (C=O) groups excluding carboxylic acids is 1. The Morgan fingerprint density at radius 1 is 1.15 bits per heavy atom. The van der Waals surface area contributed by atoms with E-state index in [0.717, 1.165) is 25.0 Å².